The van der Waals surface area contributed by atoms with Gasteiger partial charge >= 0.3 is 0 Å². The largest absolute Gasteiger partial charge is 0.486 e. The summed E-state index contributed by atoms with van der Waals surface area (Å²) < 4.78 is 16.4. The lowest BCUT2D eigenvalue weighted by Crippen LogP contribution is -2.16. The molecule has 94 valence electrons. The molecule has 1 aromatic carbocycles. The monoisotopic (exact) mass is 237 g/mol. The first-order valence-electron chi connectivity index (χ1n) is 6.11. The molecule has 0 saturated heterocycles. The van der Waals surface area contributed by atoms with Crippen molar-refractivity contribution < 1.29 is 14.2 Å². The van der Waals surface area contributed by atoms with Gasteiger partial charge < -0.3 is 19.5 Å². The van der Waals surface area contributed by atoms with Gasteiger partial charge in [0.1, 0.15) is 13.2 Å². The maximum Gasteiger partial charge on any atom is 0.163 e. The van der Waals surface area contributed by atoms with Crippen molar-refractivity contribution >= 4 is 5.69 Å². The maximum absolute atomic E-state index is 5.51. The molecule has 2 rings (SSSR count). The molecule has 1 N–H and O–H groups in total. The van der Waals surface area contributed by atoms with E-state index in [0.29, 0.717) is 13.2 Å². The van der Waals surface area contributed by atoms with Crippen LogP contribution in [0.15, 0.2) is 18.2 Å². The highest BCUT2D eigenvalue weighted by Crippen LogP contribution is 2.32. The van der Waals surface area contributed by atoms with E-state index in [1.807, 2.05) is 18.2 Å². The topological polar surface area (TPSA) is 39.7 Å². The zero-order valence-corrected chi connectivity index (χ0v) is 10.2. The lowest BCUT2D eigenvalue weighted by atomic mass is 10.2. The van der Waals surface area contributed by atoms with E-state index in [4.69, 9.17) is 14.2 Å². The van der Waals surface area contributed by atoms with Gasteiger partial charge in [0.15, 0.2) is 11.5 Å². The zero-order valence-electron chi connectivity index (χ0n) is 10.2. The van der Waals surface area contributed by atoms with Gasteiger partial charge in [-0.15, -0.1) is 0 Å². The summed E-state index contributed by atoms with van der Waals surface area (Å²) in [5.41, 5.74) is 1.04. The smallest absolute Gasteiger partial charge is 0.163 e. The number of rotatable bonds is 6. The molecule has 0 spiro atoms. The number of fused-ring (bicyclic) bond motifs is 1. The standard InChI is InChI=1S/C13H19NO3/c1-2-6-15-7-5-14-11-3-4-12-13(10-11)17-9-8-16-12/h3-4,10,14H,2,5-9H2,1H3. The van der Waals surface area contributed by atoms with E-state index < -0.39 is 0 Å². The highest BCUT2D eigenvalue weighted by molar-refractivity contribution is 5.55. The molecule has 0 amide bonds. The molecule has 4 heteroatoms. The van der Waals surface area contributed by atoms with Crippen molar-refractivity contribution in [1.29, 1.82) is 0 Å². The number of hydrogen-bond acceptors (Lipinski definition) is 4. The zero-order chi connectivity index (χ0) is 11.9. The van der Waals surface area contributed by atoms with E-state index in [1.165, 1.54) is 0 Å². The van der Waals surface area contributed by atoms with Crippen LogP contribution in [0.2, 0.25) is 0 Å². The Morgan fingerprint density at radius 2 is 2.00 bits per heavy atom. The fourth-order valence-corrected chi connectivity index (χ4v) is 1.67. The third-order valence-corrected chi connectivity index (χ3v) is 2.47. The second-order valence-electron chi connectivity index (χ2n) is 3.90. The first-order chi connectivity index (χ1) is 8.40. The summed E-state index contributed by atoms with van der Waals surface area (Å²) >= 11 is 0. The molecule has 17 heavy (non-hydrogen) atoms. The van der Waals surface area contributed by atoms with Crippen molar-refractivity contribution in [2.24, 2.45) is 0 Å². The van der Waals surface area contributed by atoms with Crippen LogP contribution >= 0.6 is 0 Å². The molecule has 1 heterocycles. The van der Waals surface area contributed by atoms with E-state index in [-0.39, 0.29) is 0 Å². The predicted molar refractivity (Wildman–Crippen MR) is 67.0 cm³/mol. The van der Waals surface area contributed by atoms with Gasteiger partial charge in [0.2, 0.25) is 0 Å². The van der Waals surface area contributed by atoms with Gasteiger partial charge in [0.25, 0.3) is 0 Å². The van der Waals surface area contributed by atoms with Crippen LogP contribution in [0.25, 0.3) is 0 Å². The number of ether oxygens (including phenoxy) is 3. The Labute approximate surface area is 102 Å². The van der Waals surface area contributed by atoms with Crippen LogP contribution in [0.4, 0.5) is 5.69 Å². The Morgan fingerprint density at radius 1 is 1.18 bits per heavy atom. The molecule has 1 aliphatic heterocycles. The van der Waals surface area contributed by atoms with E-state index in [0.717, 1.165) is 43.4 Å². The van der Waals surface area contributed by atoms with E-state index in [1.54, 1.807) is 0 Å². The van der Waals surface area contributed by atoms with Gasteiger partial charge in [-0.05, 0) is 18.6 Å². The normalized spacial score (nSPS) is 13.5. The minimum atomic E-state index is 0.621. The molecule has 0 atom stereocenters. The Bertz CT molecular complexity index is 355. The highest BCUT2D eigenvalue weighted by Gasteiger charge is 2.11. The second kappa shape index (κ2) is 6.35. The van der Waals surface area contributed by atoms with Crippen LogP contribution in [0, 0.1) is 0 Å². The summed E-state index contributed by atoms with van der Waals surface area (Å²) in [5.74, 6) is 1.64. The molecule has 0 aromatic heterocycles. The quantitative estimate of drug-likeness (QED) is 0.771. The van der Waals surface area contributed by atoms with Crippen molar-refractivity contribution in [1.82, 2.24) is 0 Å². The lowest BCUT2D eigenvalue weighted by Gasteiger charge is -2.19. The maximum atomic E-state index is 5.51. The van der Waals surface area contributed by atoms with Gasteiger partial charge in [0.05, 0.1) is 6.61 Å². The summed E-state index contributed by atoms with van der Waals surface area (Å²) in [6, 6.07) is 5.89. The van der Waals surface area contributed by atoms with Gasteiger partial charge in [-0.1, -0.05) is 6.92 Å². The van der Waals surface area contributed by atoms with Crippen molar-refractivity contribution in [3.05, 3.63) is 18.2 Å². The summed E-state index contributed by atoms with van der Waals surface area (Å²) in [5, 5.41) is 3.29. The van der Waals surface area contributed by atoms with E-state index >= 15 is 0 Å². The van der Waals surface area contributed by atoms with Crippen LogP contribution in [-0.4, -0.2) is 33.0 Å². The second-order valence-corrected chi connectivity index (χ2v) is 3.90. The number of hydrogen-bond donors (Lipinski definition) is 1. The highest BCUT2D eigenvalue weighted by atomic mass is 16.6. The van der Waals surface area contributed by atoms with Crippen molar-refractivity contribution in [2.75, 3.05) is 38.3 Å². The SMILES string of the molecule is CCCOCCNc1ccc2c(c1)OCCO2. The molecule has 0 bridgehead atoms. The Morgan fingerprint density at radius 3 is 2.82 bits per heavy atom. The lowest BCUT2D eigenvalue weighted by molar-refractivity contribution is 0.144. The Kier molecular flexibility index (Phi) is 4.50. The van der Waals surface area contributed by atoms with Crippen molar-refractivity contribution in [3.63, 3.8) is 0 Å². The number of nitrogens with one attached hydrogen (secondary N) is 1. The minimum Gasteiger partial charge on any atom is -0.486 e. The third kappa shape index (κ3) is 3.53. The molecule has 4 nitrogen and oxygen atoms in total. The molecular formula is C13H19NO3. The van der Waals surface area contributed by atoms with Crippen LogP contribution in [0.3, 0.4) is 0 Å². The minimum absolute atomic E-state index is 0.621. The number of benzene rings is 1. The van der Waals surface area contributed by atoms with Crippen LogP contribution < -0.4 is 14.8 Å². The third-order valence-electron chi connectivity index (χ3n) is 2.47. The average Bonchev–Trinajstić information content (AvgIpc) is 2.38. The van der Waals surface area contributed by atoms with Gasteiger partial charge in [-0.3, -0.25) is 0 Å². The molecular weight excluding hydrogens is 218 g/mol. The molecule has 0 saturated carbocycles. The predicted octanol–water partition coefficient (Wildman–Crippen LogP) is 2.30. The van der Waals surface area contributed by atoms with E-state index in [2.05, 4.69) is 12.2 Å². The van der Waals surface area contributed by atoms with Crippen molar-refractivity contribution in [3.8, 4) is 11.5 Å². The number of anilines is 1. The first-order valence-corrected chi connectivity index (χ1v) is 6.11. The molecule has 1 aromatic rings. The Balaban J connectivity index is 1.81. The summed E-state index contributed by atoms with van der Waals surface area (Å²) in [4.78, 5) is 0. The van der Waals surface area contributed by atoms with Gasteiger partial charge in [-0.25, -0.2) is 0 Å². The Hall–Kier alpha value is -1.42. The fraction of sp³-hybridized carbons (Fsp3) is 0.538. The van der Waals surface area contributed by atoms with Crippen molar-refractivity contribution in [2.45, 2.75) is 13.3 Å². The van der Waals surface area contributed by atoms with Gasteiger partial charge in [-0.2, -0.15) is 0 Å². The van der Waals surface area contributed by atoms with Crippen LogP contribution in [-0.2, 0) is 4.74 Å². The summed E-state index contributed by atoms with van der Waals surface area (Å²) in [6.45, 7) is 5.71. The summed E-state index contributed by atoms with van der Waals surface area (Å²) in [7, 11) is 0. The molecule has 0 radical (unpaired) electrons. The average molecular weight is 237 g/mol. The fourth-order valence-electron chi connectivity index (χ4n) is 1.67. The van der Waals surface area contributed by atoms with Crippen LogP contribution in [0.1, 0.15) is 13.3 Å². The molecule has 0 fully saturated rings. The first kappa shape index (κ1) is 12.0. The summed E-state index contributed by atoms with van der Waals surface area (Å²) in [6.07, 6.45) is 1.06. The molecule has 1 aliphatic rings. The van der Waals surface area contributed by atoms with Crippen LogP contribution in [0.5, 0.6) is 11.5 Å². The molecule has 0 aliphatic carbocycles. The van der Waals surface area contributed by atoms with E-state index in [9.17, 15) is 0 Å². The molecule has 0 unspecified atom stereocenters. The van der Waals surface area contributed by atoms with Gasteiger partial charge in [0, 0.05) is 24.9 Å².